The Kier molecular flexibility index (Phi) is 2.83. The van der Waals surface area contributed by atoms with Crippen molar-refractivity contribution in [2.45, 2.75) is 51.5 Å². The molecule has 0 bridgehead atoms. The molecule has 1 aliphatic carbocycles. The molecule has 2 nitrogen and oxygen atoms in total. The van der Waals surface area contributed by atoms with Crippen LogP contribution in [-0.2, 0) is 4.79 Å². The van der Waals surface area contributed by atoms with Crippen molar-refractivity contribution >= 4 is 5.91 Å². The molecular weight excluding hydrogens is 188 g/mol. The third kappa shape index (κ3) is 2.66. The molecule has 0 aromatic carbocycles. The molecule has 0 atom stereocenters. The summed E-state index contributed by atoms with van der Waals surface area (Å²) >= 11 is 0. The molecule has 1 rings (SSSR count). The Hall–Kier alpha value is -0.670. The van der Waals surface area contributed by atoms with Crippen molar-refractivity contribution in [3.05, 3.63) is 0 Å². The van der Waals surface area contributed by atoms with E-state index in [9.17, 15) is 13.6 Å². The Morgan fingerprint density at radius 2 is 2.00 bits per heavy atom. The van der Waals surface area contributed by atoms with Gasteiger partial charge in [-0.2, -0.15) is 0 Å². The van der Waals surface area contributed by atoms with E-state index in [4.69, 9.17) is 0 Å². The first-order valence-electron chi connectivity index (χ1n) is 4.96. The minimum atomic E-state index is -2.61. The molecule has 1 fully saturated rings. The van der Waals surface area contributed by atoms with Crippen molar-refractivity contribution in [2.75, 3.05) is 0 Å². The number of hydrogen-bond acceptors (Lipinski definition) is 1. The van der Waals surface area contributed by atoms with Crippen LogP contribution in [0.2, 0.25) is 0 Å². The minimum absolute atomic E-state index is 0.234. The van der Waals surface area contributed by atoms with Crippen molar-refractivity contribution in [1.29, 1.82) is 0 Å². The summed E-state index contributed by atoms with van der Waals surface area (Å²) in [7, 11) is 0. The largest absolute Gasteiger partial charge is 0.351 e. The summed E-state index contributed by atoms with van der Waals surface area (Å²) in [5.41, 5.74) is -0.290. The first-order chi connectivity index (χ1) is 6.26. The Morgan fingerprint density at radius 3 is 2.36 bits per heavy atom. The number of carbonyl (C=O) groups excluding carboxylic acids is 1. The first kappa shape index (κ1) is 11.4. The Bertz CT molecular complexity index is 230. The summed E-state index contributed by atoms with van der Waals surface area (Å²) in [6.45, 7) is 5.74. The first-order valence-corrected chi connectivity index (χ1v) is 4.96. The van der Waals surface area contributed by atoms with E-state index in [1.807, 2.05) is 20.8 Å². The number of hydrogen-bond donors (Lipinski definition) is 1. The fraction of sp³-hybridized carbons (Fsp3) is 0.900. The quantitative estimate of drug-likeness (QED) is 0.752. The average Bonchev–Trinajstić information content (AvgIpc) is 1.99. The van der Waals surface area contributed by atoms with E-state index in [0.29, 0.717) is 0 Å². The maximum atomic E-state index is 12.5. The second-order valence-electron chi connectivity index (χ2n) is 4.69. The normalized spacial score (nSPS) is 21.5. The van der Waals surface area contributed by atoms with Gasteiger partial charge in [-0.1, -0.05) is 6.92 Å². The highest BCUT2D eigenvalue weighted by molar-refractivity contribution is 5.80. The van der Waals surface area contributed by atoms with Crippen molar-refractivity contribution < 1.29 is 13.6 Å². The maximum absolute atomic E-state index is 12.5. The number of amides is 1. The molecule has 1 N–H and O–H groups in total. The van der Waals surface area contributed by atoms with Crippen LogP contribution in [0.5, 0.6) is 0 Å². The Labute approximate surface area is 83.1 Å². The second kappa shape index (κ2) is 3.48. The SMILES string of the molecule is CCC(C)(C)NC(=O)C1CC(F)(F)C1. The monoisotopic (exact) mass is 205 g/mol. The topological polar surface area (TPSA) is 29.1 Å². The summed E-state index contributed by atoms with van der Waals surface area (Å²) in [4.78, 5) is 11.4. The lowest BCUT2D eigenvalue weighted by Crippen LogP contribution is -2.51. The standard InChI is InChI=1S/C10H17F2NO/c1-4-9(2,3)13-8(14)7-5-10(11,12)6-7/h7H,4-6H2,1-3H3,(H,13,14). The van der Waals surface area contributed by atoms with Crippen LogP contribution in [0.15, 0.2) is 0 Å². The lowest BCUT2D eigenvalue weighted by molar-refractivity contribution is -0.151. The van der Waals surface area contributed by atoms with E-state index >= 15 is 0 Å². The van der Waals surface area contributed by atoms with Crippen molar-refractivity contribution in [1.82, 2.24) is 5.32 Å². The molecular formula is C10H17F2NO. The van der Waals surface area contributed by atoms with Crippen LogP contribution in [0.25, 0.3) is 0 Å². The number of nitrogens with one attached hydrogen (secondary N) is 1. The van der Waals surface area contributed by atoms with Crippen LogP contribution in [0.4, 0.5) is 8.78 Å². The highest BCUT2D eigenvalue weighted by atomic mass is 19.3. The zero-order chi connectivity index (χ0) is 11.0. The third-order valence-electron chi connectivity index (χ3n) is 2.81. The van der Waals surface area contributed by atoms with Gasteiger partial charge in [0.25, 0.3) is 0 Å². The zero-order valence-electron chi connectivity index (χ0n) is 8.86. The van der Waals surface area contributed by atoms with Crippen molar-refractivity contribution in [3.63, 3.8) is 0 Å². The van der Waals surface area contributed by atoms with Gasteiger partial charge in [0, 0.05) is 24.3 Å². The zero-order valence-corrected chi connectivity index (χ0v) is 8.86. The Morgan fingerprint density at radius 1 is 1.50 bits per heavy atom. The van der Waals surface area contributed by atoms with E-state index in [0.717, 1.165) is 6.42 Å². The van der Waals surface area contributed by atoms with E-state index in [1.165, 1.54) is 0 Å². The highest BCUT2D eigenvalue weighted by Gasteiger charge is 2.49. The summed E-state index contributed by atoms with van der Waals surface area (Å²) in [6.07, 6.45) is 0.207. The van der Waals surface area contributed by atoms with Gasteiger partial charge in [0.2, 0.25) is 11.8 Å². The van der Waals surface area contributed by atoms with Crippen LogP contribution < -0.4 is 5.32 Å². The van der Waals surface area contributed by atoms with Gasteiger partial charge in [-0.25, -0.2) is 8.78 Å². The van der Waals surface area contributed by atoms with Crippen LogP contribution in [-0.4, -0.2) is 17.4 Å². The lowest BCUT2D eigenvalue weighted by Gasteiger charge is -2.36. The summed E-state index contributed by atoms with van der Waals surface area (Å²) < 4.78 is 25.0. The Balaban J connectivity index is 2.38. The third-order valence-corrected chi connectivity index (χ3v) is 2.81. The van der Waals surface area contributed by atoms with Gasteiger partial charge in [0.05, 0.1) is 0 Å². The molecule has 14 heavy (non-hydrogen) atoms. The molecule has 0 spiro atoms. The van der Waals surface area contributed by atoms with Gasteiger partial charge in [0.15, 0.2) is 0 Å². The molecule has 0 heterocycles. The molecule has 1 aliphatic rings. The van der Waals surface area contributed by atoms with E-state index in [1.54, 1.807) is 0 Å². The molecule has 0 aromatic heterocycles. The molecule has 1 amide bonds. The van der Waals surface area contributed by atoms with E-state index in [2.05, 4.69) is 5.32 Å². The molecule has 82 valence electrons. The van der Waals surface area contributed by atoms with Gasteiger partial charge in [0.1, 0.15) is 0 Å². The summed E-state index contributed by atoms with van der Waals surface area (Å²) in [6, 6.07) is 0. The van der Waals surface area contributed by atoms with Crippen molar-refractivity contribution in [3.8, 4) is 0 Å². The maximum Gasteiger partial charge on any atom is 0.249 e. The summed E-state index contributed by atoms with van der Waals surface area (Å²) in [5.74, 6) is -3.34. The molecule has 0 radical (unpaired) electrons. The van der Waals surface area contributed by atoms with Crippen molar-refractivity contribution in [2.24, 2.45) is 5.92 Å². The fourth-order valence-electron chi connectivity index (χ4n) is 1.37. The van der Waals surface area contributed by atoms with Gasteiger partial charge < -0.3 is 5.32 Å². The van der Waals surface area contributed by atoms with E-state index < -0.39 is 11.8 Å². The molecule has 0 aromatic rings. The lowest BCUT2D eigenvalue weighted by atomic mass is 9.80. The average molecular weight is 205 g/mol. The number of halogens is 2. The molecule has 0 unspecified atom stereocenters. The predicted molar refractivity (Wildman–Crippen MR) is 50.2 cm³/mol. The van der Waals surface area contributed by atoms with Crippen LogP contribution in [0.3, 0.4) is 0 Å². The smallest absolute Gasteiger partial charge is 0.249 e. The van der Waals surface area contributed by atoms with Gasteiger partial charge in [-0.05, 0) is 20.3 Å². The number of alkyl halides is 2. The molecule has 1 saturated carbocycles. The fourth-order valence-corrected chi connectivity index (χ4v) is 1.37. The van der Waals surface area contributed by atoms with Crippen LogP contribution in [0, 0.1) is 5.92 Å². The van der Waals surface area contributed by atoms with Crippen LogP contribution >= 0.6 is 0 Å². The molecule has 4 heteroatoms. The number of carbonyl (C=O) groups is 1. The second-order valence-corrected chi connectivity index (χ2v) is 4.69. The van der Waals surface area contributed by atoms with Gasteiger partial charge in [-0.15, -0.1) is 0 Å². The van der Waals surface area contributed by atoms with Crippen LogP contribution in [0.1, 0.15) is 40.0 Å². The highest BCUT2D eigenvalue weighted by Crippen LogP contribution is 2.42. The van der Waals surface area contributed by atoms with Gasteiger partial charge >= 0.3 is 0 Å². The minimum Gasteiger partial charge on any atom is -0.351 e. The van der Waals surface area contributed by atoms with E-state index in [-0.39, 0.29) is 24.3 Å². The molecule has 0 saturated heterocycles. The predicted octanol–water partition coefficient (Wildman–Crippen LogP) is 2.34. The molecule has 0 aliphatic heterocycles. The summed E-state index contributed by atoms with van der Waals surface area (Å²) in [5, 5.41) is 2.77. The van der Waals surface area contributed by atoms with Gasteiger partial charge in [-0.3, -0.25) is 4.79 Å². The number of rotatable bonds is 3.